The van der Waals surface area contributed by atoms with E-state index in [0.29, 0.717) is 5.75 Å². The average molecular weight is 285 g/mol. The van der Waals surface area contributed by atoms with Gasteiger partial charge in [0.2, 0.25) is 0 Å². The molecular formula is C19H27NO. The quantitative estimate of drug-likeness (QED) is 0.535. The number of H-pyrrole nitrogens is 1. The molecule has 0 saturated heterocycles. The molecule has 0 aliphatic rings. The fourth-order valence-electron chi connectivity index (χ4n) is 1.71. The first-order chi connectivity index (χ1) is 9.65. The molecule has 0 bridgehead atoms. The molecule has 2 aromatic carbocycles. The molecule has 0 fully saturated rings. The molecule has 2 nitrogen and oxygen atoms in total. The van der Waals surface area contributed by atoms with Crippen LogP contribution in [0.2, 0.25) is 0 Å². The minimum absolute atomic E-state index is 0. The first-order valence-electron chi connectivity index (χ1n) is 6.94. The number of hydrogen-bond acceptors (Lipinski definition) is 1. The van der Waals surface area contributed by atoms with Crippen molar-refractivity contribution in [2.45, 2.75) is 35.1 Å². The number of aromatic hydroxyl groups is 1. The van der Waals surface area contributed by atoms with E-state index in [1.54, 1.807) is 12.1 Å². The van der Waals surface area contributed by atoms with E-state index in [1.807, 2.05) is 39.1 Å². The largest absolute Gasteiger partial charge is 0.508 e. The van der Waals surface area contributed by atoms with Crippen molar-refractivity contribution in [1.82, 2.24) is 4.98 Å². The first-order valence-corrected chi connectivity index (χ1v) is 6.94. The van der Waals surface area contributed by atoms with E-state index in [-0.39, 0.29) is 7.43 Å². The van der Waals surface area contributed by atoms with Crippen LogP contribution in [0.3, 0.4) is 0 Å². The Bertz CT molecular complexity index is 602. The summed E-state index contributed by atoms with van der Waals surface area (Å²) in [5, 5.41) is 10.0. The number of aromatic amines is 1. The molecule has 1 heterocycles. The lowest BCUT2D eigenvalue weighted by Gasteiger charge is -1.90. The number of nitrogens with one attached hydrogen (secondary N) is 1. The van der Waals surface area contributed by atoms with Crippen LogP contribution in [0.15, 0.2) is 54.7 Å². The Balaban J connectivity index is 0.000000334. The molecule has 1 aromatic heterocycles. The van der Waals surface area contributed by atoms with Crippen molar-refractivity contribution in [3.05, 3.63) is 65.9 Å². The molecule has 3 aromatic rings. The van der Waals surface area contributed by atoms with Crippen LogP contribution < -0.4 is 0 Å². The normalized spacial score (nSPS) is 8.76. The van der Waals surface area contributed by atoms with E-state index in [0.717, 1.165) is 0 Å². The van der Waals surface area contributed by atoms with E-state index in [9.17, 15) is 0 Å². The molecule has 2 heteroatoms. The molecule has 21 heavy (non-hydrogen) atoms. The molecule has 114 valence electrons. The van der Waals surface area contributed by atoms with Gasteiger partial charge in [-0.25, -0.2) is 0 Å². The number of rotatable bonds is 0. The molecule has 0 aliphatic heterocycles. The van der Waals surface area contributed by atoms with Crippen molar-refractivity contribution in [2.24, 2.45) is 0 Å². The number of phenols is 1. The Hall–Kier alpha value is -2.22. The maximum Gasteiger partial charge on any atom is 0.115 e. The predicted octanol–water partition coefficient (Wildman–Crippen LogP) is 5.84. The Morgan fingerprint density at radius 1 is 0.810 bits per heavy atom. The summed E-state index contributed by atoms with van der Waals surface area (Å²) in [6.45, 7) is 8.08. The topological polar surface area (TPSA) is 36.0 Å². The average Bonchev–Trinajstić information content (AvgIpc) is 2.92. The van der Waals surface area contributed by atoms with Crippen molar-refractivity contribution in [1.29, 1.82) is 0 Å². The van der Waals surface area contributed by atoms with Crippen molar-refractivity contribution >= 4 is 10.9 Å². The van der Waals surface area contributed by atoms with Gasteiger partial charge in [0.15, 0.2) is 0 Å². The number of aryl methyl sites for hydroxylation is 2. The second kappa shape index (κ2) is 9.65. The fraction of sp³-hybridized carbons (Fsp3) is 0.263. The fourth-order valence-corrected chi connectivity index (χ4v) is 1.71. The minimum atomic E-state index is 0. The summed E-state index contributed by atoms with van der Waals surface area (Å²) in [7, 11) is 0. The summed E-state index contributed by atoms with van der Waals surface area (Å²) < 4.78 is 0. The van der Waals surface area contributed by atoms with Gasteiger partial charge in [0.25, 0.3) is 0 Å². The lowest BCUT2D eigenvalue weighted by atomic mass is 10.2. The number of phenolic OH excluding ortho intramolecular Hbond substituents is 1. The second-order valence-corrected chi connectivity index (χ2v) is 4.40. The minimum Gasteiger partial charge on any atom is -0.508 e. The Morgan fingerprint density at radius 3 is 1.95 bits per heavy atom. The Morgan fingerprint density at radius 2 is 1.38 bits per heavy atom. The van der Waals surface area contributed by atoms with Crippen molar-refractivity contribution in [3.8, 4) is 5.75 Å². The molecule has 0 radical (unpaired) electrons. The summed E-state index contributed by atoms with van der Waals surface area (Å²) in [6.07, 6.45) is 1.96. The smallest absolute Gasteiger partial charge is 0.115 e. The highest BCUT2D eigenvalue weighted by Gasteiger charge is 1.91. The van der Waals surface area contributed by atoms with Gasteiger partial charge in [-0.2, -0.15) is 0 Å². The summed E-state index contributed by atoms with van der Waals surface area (Å²) in [4.78, 5) is 3.16. The van der Waals surface area contributed by atoms with Crippen LogP contribution in [0.4, 0.5) is 0 Å². The van der Waals surface area contributed by atoms with Gasteiger partial charge in [-0.3, -0.25) is 0 Å². The SMILES string of the molecule is C.CC.Cc1ccc(O)cc1.Cc1ccc2cc[nH]c2c1. The van der Waals surface area contributed by atoms with Crippen LogP contribution >= 0.6 is 0 Å². The van der Waals surface area contributed by atoms with Gasteiger partial charge in [-0.15, -0.1) is 0 Å². The third-order valence-electron chi connectivity index (χ3n) is 2.74. The molecule has 3 rings (SSSR count). The van der Waals surface area contributed by atoms with Crippen LogP contribution in [0.25, 0.3) is 10.9 Å². The second-order valence-electron chi connectivity index (χ2n) is 4.40. The lowest BCUT2D eigenvalue weighted by Crippen LogP contribution is -1.70. The van der Waals surface area contributed by atoms with E-state index < -0.39 is 0 Å². The maximum absolute atomic E-state index is 8.76. The molecule has 0 saturated carbocycles. The number of benzene rings is 2. The Kier molecular flexibility index (Phi) is 8.63. The molecule has 0 spiro atoms. The summed E-state index contributed by atoms with van der Waals surface area (Å²) >= 11 is 0. The zero-order valence-corrected chi connectivity index (χ0v) is 12.6. The molecule has 0 atom stereocenters. The zero-order chi connectivity index (χ0) is 15.0. The van der Waals surface area contributed by atoms with E-state index in [2.05, 4.69) is 36.2 Å². The van der Waals surface area contributed by atoms with Crippen LogP contribution in [0.1, 0.15) is 32.4 Å². The lowest BCUT2D eigenvalue weighted by molar-refractivity contribution is 0.475. The summed E-state index contributed by atoms with van der Waals surface area (Å²) in [6, 6.07) is 15.6. The van der Waals surface area contributed by atoms with Gasteiger partial charge < -0.3 is 10.1 Å². The molecule has 0 amide bonds. The van der Waals surface area contributed by atoms with E-state index >= 15 is 0 Å². The predicted molar refractivity (Wildman–Crippen MR) is 94.0 cm³/mol. The van der Waals surface area contributed by atoms with E-state index in [4.69, 9.17) is 5.11 Å². The van der Waals surface area contributed by atoms with Gasteiger partial charge >= 0.3 is 0 Å². The van der Waals surface area contributed by atoms with Crippen molar-refractivity contribution in [2.75, 3.05) is 0 Å². The number of fused-ring (bicyclic) bond motifs is 1. The third-order valence-corrected chi connectivity index (χ3v) is 2.74. The van der Waals surface area contributed by atoms with Crippen LogP contribution in [0, 0.1) is 13.8 Å². The standard InChI is InChI=1S/C9H9N.C7H8O.C2H6.CH4/c1-7-2-3-8-4-5-10-9(8)6-7;1-6-2-4-7(8)5-3-6;1-2;/h2-6,10H,1H3;2-5,8H,1H3;1-2H3;1H4. The van der Waals surface area contributed by atoms with E-state index in [1.165, 1.54) is 22.0 Å². The molecular weight excluding hydrogens is 258 g/mol. The Labute approximate surface area is 128 Å². The van der Waals surface area contributed by atoms with Gasteiger partial charge in [-0.1, -0.05) is 51.1 Å². The van der Waals surface area contributed by atoms with Crippen molar-refractivity contribution < 1.29 is 5.11 Å². The highest BCUT2D eigenvalue weighted by Crippen LogP contribution is 2.12. The maximum atomic E-state index is 8.76. The number of aromatic nitrogens is 1. The summed E-state index contributed by atoms with van der Waals surface area (Å²) in [5.41, 5.74) is 3.69. The monoisotopic (exact) mass is 285 g/mol. The molecule has 0 unspecified atom stereocenters. The first kappa shape index (κ1) is 18.8. The van der Waals surface area contributed by atoms with Crippen LogP contribution in [0.5, 0.6) is 5.75 Å². The third kappa shape index (κ3) is 6.17. The highest BCUT2D eigenvalue weighted by molar-refractivity contribution is 5.79. The van der Waals surface area contributed by atoms with Gasteiger partial charge in [0.1, 0.15) is 5.75 Å². The highest BCUT2D eigenvalue weighted by atomic mass is 16.3. The van der Waals surface area contributed by atoms with Gasteiger partial charge in [0, 0.05) is 11.7 Å². The zero-order valence-electron chi connectivity index (χ0n) is 12.6. The molecule has 2 N–H and O–H groups in total. The van der Waals surface area contributed by atoms with Crippen LogP contribution in [-0.4, -0.2) is 10.1 Å². The van der Waals surface area contributed by atoms with Crippen LogP contribution in [-0.2, 0) is 0 Å². The van der Waals surface area contributed by atoms with Crippen molar-refractivity contribution in [3.63, 3.8) is 0 Å². The molecule has 0 aliphatic carbocycles. The summed E-state index contributed by atoms with van der Waals surface area (Å²) in [5.74, 6) is 0.329. The van der Waals surface area contributed by atoms with Gasteiger partial charge in [-0.05, 0) is 49.1 Å². The number of hydrogen-bond donors (Lipinski definition) is 2. The van der Waals surface area contributed by atoms with Gasteiger partial charge in [0.05, 0.1) is 0 Å².